The third-order valence-corrected chi connectivity index (χ3v) is 3.67. The van der Waals surface area contributed by atoms with Gasteiger partial charge in [-0.25, -0.2) is 4.79 Å². The molecule has 0 aliphatic carbocycles. The Morgan fingerprint density at radius 2 is 1.87 bits per heavy atom. The van der Waals surface area contributed by atoms with E-state index in [2.05, 4.69) is 0 Å². The molecule has 1 aromatic heterocycles. The molecule has 0 radical (unpaired) electrons. The van der Waals surface area contributed by atoms with E-state index in [1.165, 1.54) is 0 Å². The van der Waals surface area contributed by atoms with Gasteiger partial charge in [0.1, 0.15) is 17.3 Å². The molecule has 1 aliphatic rings. The third kappa shape index (κ3) is 3.13. The Morgan fingerprint density at radius 1 is 1.17 bits per heavy atom. The summed E-state index contributed by atoms with van der Waals surface area (Å²) in [5.74, 6) is 0.745. The minimum atomic E-state index is -0.458. The van der Waals surface area contributed by atoms with E-state index in [4.69, 9.17) is 13.9 Å². The molecule has 1 aromatic carbocycles. The molecule has 0 saturated carbocycles. The number of fused-ring (bicyclic) bond motifs is 1. The van der Waals surface area contributed by atoms with Crippen molar-refractivity contribution in [2.24, 2.45) is 0 Å². The minimum Gasteiger partial charge on any atom is -0.491 e. The number of ether oxygens (including phenoxy) is 2. The first kappa shape index (κ1) is 15.3. The number of hydrogen-bond donors (Lipinski definition) is 0. The summed E-state index contributed by atoms with van der Waals surface area (Å²) in [5, 5.41) is 0. The molecule has 23 heavy (non-hydrogen) atoms. The van der Waals surface area contributed by atoms with Crippen LogP contribution < -0.4 is 15.1 Å². The predicted molar refractivity (Wildman–Crippen MR) is 84.0 cm³/mol. The van der Waals surface area contributed by atoms with E-state index in [9.17, 15) is 9.59 Å². The number of carbonyl (C=O) groups is 1. The standard InChI is InChI=1S/C18H18O5/c1-10(2)21-13-6-4-12(5-7-13)14-9-16(19)23-15-8-11(3)22-18(20)17(14)15/h4-8,10,14H,9H2,1-3H3/t14-/m1/s1. The van der Waals surface area contributed by atoms with Crippen LogP contribution >= 0.6 is 0 Å². The Kier molecular flexibility index (Phi) is 3.94. The van der Waals surface area contributed by atoms with Crippen molar-refractivity contribution in [2.45, 2.75) is 39.2 Å². The van der Waals surface area contributed by atoms with E-state index in [1.54, 1.807) is 13.0 Å². The summed E-state index contributed by atoms with van der Waals surface area (Å²) >= 11 is 0. The number of esters is 1. The summed E-state index contributed by atoms with van der Waals surface area (Å²) in [5.41, 5.74) is 0.794. The lowest BCUT2D eigenvalue weighted by Crippen LogP contribution is -2.26. The monoisotopic (exact) mass is 314 g/mol. The fourth-order valence-electron chi connectivity index (χ4n) is 2.76. The van der Waals surface area contributed by atoms with Crippen LogP contribution in [0.2, 0.25) is 0 Å². The lowest BCUT2D eigenvalue weighted by Gasteiger charge is -2.23. The molecule has 1 aliphatic heterocycles. The molecule has 5 heteroatoms. The Labute approximate surface area is 133 Å². The van der Waals surface area contributed by atoms with E-state index in [0.717, 1.165) is 11.3 Å². The number of carbonyl (C=O) groups excluding carboxylic acids is 1. The van der Waals surface area contributed by atoms with Gasteiger partial charge in [-0.3, -0.25) is 4.79 Å². The van der Waals surface area contributed by atoms with Crippen LogP contribution in [0.15, 0.2) is 39.5 Å². The van der Waals surface area contributed by atoms with Gasteiger partial charge >= 0.3 is 11.6 Å². The van der Waals surface area contributed by atoms with Gasteiger partial charge in [0.05, 0.1) is 18.1 Å². The average molecular weight is 314 g/mol. The smallest absolute Gasteiger partial charge is 0.343 e. The van der Waals surface area contributed by atoms with Crippen LogP contribution in [0.3, 0.4) is 0 Å². The highest BCUT2D eigenvalue weighted by Gasteiger charge is 2.32. The molecular formula is C18H18O5. The highest BCUT2D eigenvalue weighted by atomic mass is 16.5. The van der Waals surface area contributed by atoms with Crippen molar-refractivity contribution < 1.29 is 18.7 Å². The molecule has 0 N–H and O–H groups in total. The summed E-state index contributed by atoms with van der Waals surface area (Å²) < 4.78 is 16.0. The molecule has 2 heterocycles. The third-order valence-electron chi connectivity index (χ3n) is 3.67. The number of aryl methyl sites for hydroxylation is 1. The second kappa shape index (κ2) is 5.91. The van der Waals surface area contributed by atoms with Gasteiger partial charge in [-0.05, 0) is 38.5 Å². The van der Waals surface area contributed by atoms with Crippen molar-refractivity contribution in [3.8, 4) is 11.5 Å². The molecule has 2 aromatic rings. The predicted octanol–water partition coefficient (Wildman–Crippen LogP) is 3.18. The normalized spacial score (nSPS) is 16.9. The van der Waals surface area contributed by atoms with Gasteiger partial charge in [0.15, 0.2) is 0 Å². The van der Waals surface area contributed by atoms with E-state index in [-0.39, 0.29) is 24.4 Å². The Morgan fingerprint density at radius 3 is 2.52 bits per heavy atom. The first-order chi connectivity index (χ1) is 10.9. The molecule has 3 rings (SSSR count). The van der Waals surface area contributed by atoms with E-state index < -0.39 is 5.63 Å². The molecular weight excluding hydrogens is 296 g/mol. The van der Waals surface area contributed by atoms with Crippen LogP contribution in [0.1, 0.15) is 43.1 Å². The number of benzene rings is 1. The minimum absolute atomic E-state index is 0.0845. The molecule has 0 amide bonds. The van der Waals surface area contributed by atoms with Gasteiger partial charge in [-0.2, -0.15) is 0 Å². The Balaban J connectivity index is 2.01. The fraction of sp³-hybridized carbons (Fsp3) is 0.333. The van der Waals surface area contributed by atoms with Crippen molar-refractivity contribution in [2.75, 3.05) is 0 Å². The first-order valence-corrected chi connectivity index (χ1v) is 7.56. The molecule has 0 bridgehead atoms. The maximum absolute atomic E-state index is 12.2. The highest BCUT2D eigenvalue weighted by Crippen LogP contribution is 2.37. The zero-order chi connectivity index (χ0) is 16.6. The SMILES string of the molecule is Cc1cc2c(c(=O)o1)[C@@H](c1ccc(OC(C)C)cc1)CC(=O)O2. The average Bonchev–Trinajstić information content (AvgIpc) is 2.45. The number of hydrogen-bond acceptors (Lipinski definition) is 5. The van der Waals surface area contributed by atoms with Crippen molar-refractivity contribution in [3.63, 3.8) is 0 Å². The molecule has 0 spiro atoms. The van der Waals surface area contributed by atoms with Crippen molar-refractivity contribution in [1.82, 2.24) is 0 Å². The molecule has 5 nitrogen and oxygen atoms in total. The molecule has 120 valence electrons. The number of rotatable bonds is 3. The highest BCUT2D eigenvalue weighted by molar-refractivity contribution is 5.77. The Hall–Kier alpha value is -2.56. The van der Waals surface area contributed by atoms with Gasteiger partial charge in [-0.15, -0.1) is 0 Å². The summed E-state index contributed by atoms with van der Waals surface area (Å²) in [6, 6.07) is 8.99. The van der Waals surface area contributed by atoms with Crippen LogP contribution in [0.4, 0.5) is 0 Å². The van der Waals surface area contributed by atoms with Gasteiger partial charge in [-0.1, -0.05) is 12.1 Å². The van der Waals surface area contributed by atoms with Gasteiger partial charge in [0, 0.05) is 12.0 Å². The molecule has 1 atom stereocenters. The summed E-state index contributed by atoms with van der Waals surface area (Å²) in [6.07, 6.45) is 0.201. The first-order valence-electron chi connectivity index (χ1n) is 7.56. The maximum Gasteiger partial charge on any atom is 0.343 e. The zero-order valence-electron chi connectivity index (χ0n) is 13.3. The molecule has 0 unspecified atom stereocenters. The van der Waals surface area contributed by atoms with Crippen LogP contribution in [0, 0.1) is 6.92 Å². The van der Waals surface area contributed by atoms with Crippen LogP contribution in [-0.2, 0) is 4.79 Å². The summed E-state index contributed by atoms with van der Waals surface area (Å²) in [7, 11) is 0. The lowest BCUT2D eigenvalue weighted by molar-refractivity contribution is -0.135. The summed E-state index contributed by atoms with van der Waals surface area (Å²) in [6.45, 7) is 5.56. The maximum atomic E-state index is 12.2. The van der Waals surface area contributed by atoms with Crippen LogP contribution in [0.5, 0.6) is 11.5 Å². The van der Waals surface area contributed by atoms with Crippen molar-refractivity contribution >= 4 is 5.97 Å². The zero-order valence-corrected chi connectivity index (χ0v) is 13.3. The van der Waals surface area contributed by atoms with Gasteiger partial charge < -0.3 is 13.9 Å². The lowest BCUT2D eigenvalue weighted by atomic mass is 9.87. The van der Waals surface area contributed by atoms with E-state index in [0.29, 0.717) is 17.1 Å². The van der Waals surface area contributed by atoms with E-state index in [1.807, 2.05) is 38.1 Å². The molecule has 0 fully saturated rings. The van der Waals surface area contributed by atoms with Gasteiger partial charge in [0.25, 0.3) is 0 Å². The van der Waals surface area contributed by atoms with Crippen molar-refractivity contribution in [3.05, 3.63) is 57.6 Å². The largest absolute Gasteiger partial charge is 0.491 e. The van der Waals surface area contributed by atoms with E-state index >= 15 is 0 Å². The topological polar surface area (TPSA) is 65.7 Å². The second-order valence-electron chi connectivity index (χ2n) is 5.89. The second-order valence-corrected chi connectivity index (χ2v) is 5.89. The van der Waals surface area contributed by atoms with Crippen molar-refractivity contribution in [1.29, 1.82) is 0 Å². The quantitative estimate of drug-likeness (QED) is 0.814. The van der Waals surface area contributed by atoms with Gasteiger partial charge in [0.2, 0.25) is 0 Å². The van der Waals surface area contributed by atoms with Crippen LogP contribution in [0.25, 0.3) is 0 Å². The fourth-order valence-corrected chi connectivity index (χ4v) is 2.76. The summed E-state index contributed by atoms with van der Waals surface area (Å²) in [4.78, 5) is 24.1. The van der Waals surface area contributed by atoms with Crippen LogP contribution in [-0.4, -0.2) is 12.1 Å². The molecule has 0 saturated heterocycles. The Bertz CT molecular complexity index is 786.